The summed E-state index contributed by atoms with van der Waals surface area (Å²) in [6, 6.07) is 5.68. The molecular formula is C16H21FN2O2S. The minimum atomic E-state index is -0.472. The van der Waals surface area contributed by atoms with Crippen molar-refractivity contribution in [1.29, 1.82) is 0 Å². The molecule has 2 amide bonds. The van der Waals surface area contributed by atoms with Gasteiger partial charge in [-0.3, -0.25) is 9.59 Å². The van der Waals surface area contributed by atoms with Gasteiger partial charge in [0.2, 0.25) is 11.8 Å². The summed E-state index contributed by atoms with van der Waals surface area (Å²) in [6.45, 7) is 4.65. The average molecular weight is 324 g/mol. The quantitative estimate of drug-likeness (QED) is 0.867. The molecule has 0 aromatic heterocycles. The van der Waals surface area contributed by atoms with Crippen LogP contribution in [-0.2, 0) is 16.0 Å². The van der Waals surface area contributed by atoms with E-state index in [1.807, 2.05) is 13.8 Å². The minimum absolute atomic E-state index is 0.130. The number of hydrogen-bond donors (Lipinski definition) is 2. The molecule has 120 valence electrons. The topological polar surface area (TPSA) is 58.2 Å². The lowest BCUT2D eigenvalue weighted by molar-refractivity contribution is -0.128. The largest absolute Gasteiger partial charge is 0.354 e. The van der Waals surface area contributed by atoms with Gasteiger partial charge >= 0.3 is 0 Å². The van der Waals surface area contributed by atoms with E-state index in [0.717, 1.165) is 5.56 Å². The van der Waals surface area contributed by atoms with Gasteiger partial charge in [-0.1, -0.05) is 26.0 Å². The predicted molar refractivity (Wildman–Crippen MR) is 86.1 cm³/mol. The van der Waals surface area contributed by atoms with Crippen LogP contribution >= 0.6 is 11.8 Å². The van der Waals surface area contributed by atoms with Gasteiger partial charge in [0.15, 0.2) is 0 Å². The third-order valence-electron chi connectivity index (χ3n) is 3.41. The monoisotopic (exact) mass is 324 g/mol. The van der Waals surface area contributed by atoms with Crippen LogP contribution in [0.25, 0.3) is 0 Å². The number of nitrogens with one attached hydrogen (secondary N) is 2. The summed E-state index contributed by atoms with van der Waals surface area (Å²) >= 11 is 1.47. The van der Waals surface area contributed by atoms with Crippen molar-refractivity contribution in [2.24, 2.45) is 5.92 Å². The van der Waals surface area contributed by atoms with Gasteiger partial charge in [0, 0.05) is 12.3 Å². The highest BCUT2D eigenvalue weighted by atomic mass is 32.2. The van der Waals surface area contributed by atoms with Gasteiger partial charge in [0.05, 0.1) is 5.25 Å². The van der Waals surface area contributed by atoms with Crippen molar-refractivity contribution in [3.05, 3.63) is 35.6 Å². The third kappa shape index (κ3) is 4.73. The second-order valence-corrected chi connectivity index (χ2v) is 7.09. The van der Waals surface area contributed by atoms with E-state index in [9.17, 15) is 14.0 Å². The van der Waals surface area contributed by atoms with Crippen molar-refractivity contribution in [2.75, 3.05) is 12.3 Å². The number of halogens is 1. The first-order valence-electron chi connectivity index (χ1n) is 7.40. The first-order chi connectivity index (χ1) is 10.5. The molecule has 0 spiro atoms. The summed E-state index contributed by atoms with van der Waals surface area (Å²) in [7, 11) is 0. The molecule has 1 fully saturated rings. The first-order valence-corrected chi connectivity index (χ1v) is 8.44. The van der Waals surface area contributed by atoms with Crippen LogP contribution < -0.4 is 10.6 Å². The molecule has 22 heavy (non-hydrogen) atoms. The summed E-state index contributed by atoms with van der Waals surface area (Å²) in [6.07, 6.45) is 0.539. The molecule has 6 heteroatoms. The molecule has 1 saturated heterocycles. The maximum atomic E-state index is 12.9. The lowest BCUT2D eigenvalue weighted by Crippen LogP contribution is -2.54. The van der Waals surface area contributed by atoms with Gasteiger partial charge in [0.1, 0.15) is 11.9 Å². The van der Waals surface area contributed by atoms with Crippen LogP contribution in [0.5, 0.6) is 0 Å². The highest BCUT2D eigenvalue weighted by molar-refractivity contribution is 8.00. The molecule has 0 saturated carbocycles. The molecule has 2 atom stereocenters. The van der Waals surface area contributed by atoms with Crippen LogP contribution in [0.15, 0.2) is 24.3 Å². The number of carbonyl (C=O) groups excluding carboxylic acids is 2. The highest BCUT2D eigenvalue weighted by Crippen LogP contribution is 2.22. The predicted octanol–water partition coefficient (Wildman–Crippen LogP) is 1.74. The maximum Gasteiger partial charge on any atom is 0.243 e. The van der Waals surface area contributed by atoms with Gasteiger partial charge in [-0.2, -0.15) is 0 Å². The first kappa shape index (κ1) is 16.8. The average Bonchev–Trinajstić information content (AvgIpc) is 2.49. The van der Waals surface area contributed by atoms with Gasteiger partial charge in [-0.15, -0.1) is 11.8 Å². The third-order valence-corrected chi connectivity index (χ3v) is 4.72. The fraction of sp³-hybridized carbons (Fsp3) is 0.500. The normalized spacial score (nSPS) is 21.5. The Hall–Kier alpha value is -1.56. The van der Waals surface area contributed by atoms with E-state index in [-0.39, 0.29) is 22.9 Å². The van der Waals surface area contributed by atoms with E-state index >= 15 is 0 Å². The molecule has 1 aromatic carbocycles. The summed E-state index contributed by atoms with van der Waals surface area (Å²) in [4.78, 5) is 24.1. The molecule has 1 heterocycles. The highest BCUT2D eigenvalue weighted by Gasteiger charge is 2.32. The van der Waals surface area contributed by atoms with Crippen molar-refractivity contribution in [2.45, 2.75) is 31.6 Å². The smallest absolute Gasteiger partial charge is 0.243 e. The summed E-state index contributed by atoms with van der Waals surface area (Å²) in [5.74, 6) is 0.384. The second kappa shape index (κ2) is 7.63. The molecule has 4 nitrogen and oxygen atoms in total. The maximum absolute atomic E-state index is 12.9. The van der Waals surface area contributed by atoms with Crippen LogP contribution in [0, 0.1) is 11.7 Å². The van der Waals surface area contributed by atoms with Crippen molar-refractivity contribution in [1.82, 2.24) is 10.6 Å². The molecule has 0 bridgehead atoms. The molecule has 1 aliphatic heterocycles. The number of carbonyl (C=O) groups is 2. The fourth-order valence-electron chi connectivity index (χ4n) is 2.15. The molecule has 2 unspecified atom stereocenters. The van der Waals surface area contributed by atoms with Gasteiger partial charge in [-0.05, 0) is 30.0 Å². The van der Waals surface area contributed by atoms with E-state index in [0.29, 0.717) is 24.6 Å². The Balaban J connectivity index is 1.86. The Labute approximate surface area is 134 Å². The molecule has 1 aromatic rings. The Morgan fingerprint density at radius 1 is 1.41 bits per heavy atom. The zero-order valence-corrected chi connectivity index (χ0v) is 13.6. The van der Waals surface area contributed by atoms with E-state index in [1.54, 1.807) is 12.1 Å². The fourth-order valence-corrected chi connectivity index (χ4v) is 3.34. The Morgan fingerprint density at radius 2 is 2.09 bits per heavy atom. The van der Waals surface area contributed by atoms with Gasteiger partial charge < -0.3 is 10.6 Å². The Bertz CT molecular complexity index is 533. The molecule has 2 N–H and O–H groups in total. The van der Waals surface area contributed by atoms with Gasteiger partial charge in [-0.25, -0.2) is 4.39 Å². The second-order valence-electron chi connectivity index (χ2n) is 5.85. The Morgan fingerprint density at radius 3 is 2.68 bits per heavy atom. The van der Waals surface area contributed by atoms with E-state index in [4.69, 9.17) is 0 Å². The van der Waals surface area contributed by atoms with E-state index in [1.165, 1.54) is 23.9 Å². The molecular weight excluding hydrogens is 303 g/mol. The van der Waals surface area contributed by atoms with Crippen molar-refractivity contribution >= 4 is 23.6 Å². The zero-order chi connectivity index (χ0) is 16.1. The summed E-state index contributed by atoms with van der Waals surface area (Å²) in [5, 5.41) is 5.37. The molecule has 2 rings (SSSR count). The summed E-state index contributed by atoms with van der Waals surface area (Å²) in [5.41, 5.74) is 0.914. The number of thioether (sulfide) groups is 1. The van der Waals surface area contributed by atoms with Crippen LogP contribution in [0.3, 0.4) is 0 Å². The zero-order valence-electron chi connectivity index (χ0n) is 12.8. The molecule has 1 aliphatic rings. The molecule has 0 aliphatic carbocycles. The molecule has 0 radical (unpaired) electrons. The van der Waals surface area contributed by atoms with Gasteiger partial charge in [0.25, 0.3) is 0 Å². The Kier molecular flexibility index (Phi) is 5.83. The van der Waals surface area contributed by atoms with E-state index < -0.39 is 6.04 Å². The lowest BCUT2D eigenvalue weighted by atomic mass is 10.1. The SMILES string of the molecule is CC(C)CNC(=O)C1CSC(Cc2ccc(F)cc2)C(=O)N1. The summed E-state index contributed by atoms with van der Waals surface area (Å²) < 4.78 is 12.9. The minimum Gasteiger partial charge on any atom is -0.354 e. The van der Waals surface area contributed by atoms with Crippen LogP contribution in [0.4, 0.5) is 4.39 Å². The van der Waals surface area contributed by atoms with Crippen molar-refractivity contribution in [3.63, 3.8) is 0 Å². The van der Waals surface area contributed by atoms with Crippen molar-refractivity contribution < 1.29 is 14.0 Å². The lowest BCUT2D eigenvalue weighted by Gasteiger charge is -2.28. The number of rotatable bonds is 5. The van der Waals surface area contributed by atoms with Crippen molar-refractivity contribution in [3.8, 4) is 0 Å². The van der Waals surface area contributed by atoms with Crippen LogP contribution in [0.1, 0.15) is 19.4 Å². The standard InChI is InChI=1S/C16H21FN2O2S/c1-10(2)8-18-15(20)13-9-22-14(16(21)19-13)7-11-3-5-12(17)6-4-11/h3-6,10,13-14H,7-9H2,1-2H3,(H,18,20)(H,19,21). The number of hydrogen-bond acceptors (Lipinski definition) is 3. The van der Waals surface area contributed by atoms with Crippen LogP contribution in [0.2, 0.25) is 0 Å². The number of benzene rings is 1. The van der Waals surface area contributed by atoms with Crippen LogP contribution in [-0.4, -0.2) is 35.4 Å². The van der Waals surface area contributed by atoms with E-state index in [2.05, 4.69) is 10.6 Å². The number of amides is 2.